The Bertz CT molecular complexity index is 471. The normalized spacial score (nSPS) is 10.8. The maximum absolute atomic E-state index is 4.58. The smallest absolute Gasteiger partial charge is 0.183 e. The van der Waals surface area contributed by atoms with Crippen LogP contribution in [0.5, 0.6) is 0 Å². The van der Waals surface area contributed by atoms with Gasteiger partial charge in [0.1, 0.15) is 0 Å². The van der Waals surface area contributed by atoms with Gasteiger partial charge in [0, 0.05) is 17.0 Å². The average molecular weight is 246 g/mol. The Morgan fingerprint density at radius 2 is 1.94 bits per heavy atom. The molecular formula is C14H18N2S. The summed E-state index contributed by atoms with van der Waals surface area (Å²) in [6.07, 6.45) is 1.08. The van der Waals surface area contributed by atoms with Gasteiger partial charge in [-0.25, -0.2) is 4.98 Å². The molecule has 2 rings (SSSR count). The molecule has 2 aromatic rings. The summed E-state index contributed by atoms with van der Waals surface area (Å²) in [5.74, 6) is 0. The number of rotatable bonds is 4. The molecule has 1 aromatic carbocycles. The number of hydrogen-bond acceptors (Lipinski definition) is 3. The predicted molar refractivity (Wildman–Crippen MR) is 75.7 cm³/mol. The number of hydrogen-bond donors (Lipinski definition) is 1. The summed E-state index contributed by atoms with van der Waals surface area (Å²) in [4.78, 5) is 4.58. The zero-order valence-electron chi connectivity index (χ0n) is 10.5. The van der Waals surface area contributed by atoms with E-state index in [1.165, 1.54) is 11.1 Å². The van der Waals surface area contributed by atoms with Crippen molar-refractivity contribution in [2.45, 2.75) is 33.2 Å². The molecule has 0 saturated carbocycles. The van der Waals surface area contributed by atoms with Crippen molar-refractivity contribution in [3.8, 4) is 11.3 Å². The van der Waals surface area contributed by atoms with Gasteiger partial charge in [-0.2, -0.15) is 0 Å². The highest BCUT2D eigenvalue weighted by molar-refractivity contribution is 7.14. The summed E-state index contributed by atoms with van der Waals surface area (Å²) in [7, 11) is 0. The van der Waals surface area contributed by atoms with Crippen LogP contribution in [0.15, 0.2) is 29.6 Å². The molecule has 1 N–H and O–H groups in total. The van der Waals surface area contributed by atoms with Crippen molar-refractivity contribution in [3.05, 3.63) is 35.2 Å². The van der Waals surface area contributed by atoms with Crippen LogP contribution in [0.1, 0.15) is 26.3 Å². The van der Waals surface area contributed by atoms with Crippen molar-refractivity contribution >= 4 is 16.5 Å². The van der Waals surface area contributed by atoms with Gasteiger partial charge in [0.05, 0.1) is 5.69 Å². The monoisotopic (exact) mass is 246 g/mol. The lowest BCUT2D eigenvalue weighted by Gasteiger charge is -2.04. The Kier molecular flexibility index (Phi) is 3.79. The van der Waals surface area contributed by atoms with Crippen LogP contribution >= 0.6 is 11.3 Å². The third-order valence-corrected chi connectivity index (χ3v) is 3.35. The van der Waals surface area contributed by atoms with Crippen molar-refractivity contribution < 1.29 is 0 Å². The molecule has 0 bridgehead atoms. The van der Waals surface area contributed by atoms with Crippen LogP contribution in [0.2, 0.25) is 0 Å². The molecular weight excluding hydrogens is 228 g/mol. The summed E-state index contributed by atoms with van der Waals surface area (Å²) in [6.45, 7) is 6.41. The van der Waals surface area contributed by atoms with Gasteiger partial charge in [-0.15, -0.1) is 11.3 Å². The summed E-state index contributed by atoms with van der Waals surface area (Å²) in [5, 5.41) is 6.42. The number of aromatic nitrogens is 1. The molecule has 0 saturated heterocycles. The second-order valence-electron chi connectivity index (χ2n) is 4.39. The lowest BCUT2D eigenvalue weighted by Crippen LogP contribution is -2.08. The molecule has 0 aliphatic carbocycles. The molecule has 0 unspecified atom stereocenters. The largest absolute Gasteiger partial charge is 0.359 e. The zero-order valence-corrected chi connectivity index (χ0v) is 11.3. The highest BCUT2D eigenvalue weighted by atomic mass is 32.1. The van der Waals surface area contributed by atoms with Crippen molar-refractivity contribution in [2.24, 2.45) is 0 Å². The Morgan fingerprint density at radius 1 is 1.24 bits per heavy atom. The summed E-state index contributed by atoms with van der Waals surface area (Å²) < 4.78 is 0. The lowest BCUT2D eigenvalue weighted by atomic mass is 10.1. The molecule has 17 heavy (non-hydrogen) atoms. The molecule has 0 radical (unpaired) electrons. The number of anilines is 1. The first kappa shape index (κ1) is 12.1. The maximum Gasteiger partial charge on any atom is 0.183 e. The fourth-order valence-electron chi connectivity index (χ4n) is 1.63. The van der Waals surface area contributed by atoms with Crippen LogP contribution in [0.3, 0.4) is 0 Å². The van der Waals surface area contributed by atoms with Crippen LogP contribution in [0.4, 0.5) is 5.13 Å². The van der Waals surface area contributed by atoms with Crippen LogP contribution in [0.25, 0.3) is 11.3 Å². The minimum Gasteiger partial charge on any atom is -0.359 e. The first-order chi connectivity index (χ1) is 8.19. The van der Waals surface area contributed by atoms with E-state index < -0.39 is 0 Å². The van der Waals surface area contributed by atoms with Gasteiger partial charge < -0.3 is 5.32 Å². The molecule has 2 nitrogen and oxygen atoms in total. The highest BCUT2D eigenvalue weighted by Crippen LogP contribution is 2.25. The number of nitrogens with one attached hydrogen (secondary N) is 1. The average Bonchev–Trinajstić information content (AvgIpc) is 2.77. The highest BCUT2D eigenvalue weighted by Gasteiger charge is 2.05. The van der Waals surface area contributed by atoms with E-state index in [0.717, 1.165) is 17.2 Å². The van der Waals surface area contributed by atoms with E-state index in [9.17, 15) is 0 Å². The predicted octanol–water partition coefficient (Wildman–Crippen LogP) is 4.19. The molecule has 0 fully saturated rings. The summed E-state index contributed by atoms with van der Waals surface area (Å²) in [6, 6.07) is 9.06. The van der Waals surface area contributed by atoms with Crippen LogP contribution < -0.4 is 5.32 Å². The van der Waals surface area contributed by atoms with E-state index in [1.807, 2.05) is 0 Å². The third-order valence-electron chi connectivity index (χ3n) is 2.57. The first-order valence-corrected chi connectivity index (χ1v) is 6.88. The summed E-state index contributed by atoms with van der Waals surface area (Å²) in [5.41, 5.74) is 3.61. The second kappa shape index (κ2) is 5.32. The van der Waals surface area contributed by atoms with Gasteiger partial charge in [0.25, 0.3) is 0 Å². The Hall–Kier alpha value is -1.35. The van der Waals surface area contributed by atoms with E-state index in [2.05, 4.69) is 60.7 Å². The molecule has 3 heteroatoms. The Balaban J connectivity index is 2.18. The fraction of sp³-hybridized carbons (Fsp3) is 0.357. The van der Waals surface area contributed by atoms with Crippen molar-refractivity contribution in [1.29, 1.82) is 0 Å². The quantitative estimate of drug-likeness (QED) is 0.874. The lowest BCUT2D eigenvalue weighted by molar-refractivity contribution is 0.897. The molecule has 0 amide bonds. The minimum absolute atomic E-state index is 0.427. The number of benzene rings is 1. The third kappa shape index (κ3) is 3.07. The second-order valence-corrected chi connectivity index (χ2v) is 5.25. The zero-order chi connectivity index (χ0) is 12.3. The van der Waals surface area contributed by atoms with Crippen molar-refractivity contribution in [1.82, 2.24) is 4.98 Å². The van der Waals surface area contributed by atoms with Crippen LogP contribution in [0, 0.1) is 0 Å². The maximum atomic E-state index is 4.58. The van der Waals surface area contributed by atoms with Crippen molar-refractivity contribution in [3.63, 3.8) is 0 Å². The first-order valence-electron chi connectivity index (χ1n) is 6.00. The van der Waals surface area contributed by atoms with E-state index in [1.54, 1.807) is 11.3 Å². The number of aryl methyl sites for hydroxylation is 1. The van der Waals surface area contributed by atoms with Gasteiger partial charge in [0.2, 0.25) is 0 Å². The van der Waals surface area contributed by atoms with Gasteiger partial charge in [-0.1, -0.05) is 31.2 Å². The number of thiazole rings is 1. The fourth-order valence-corrected chi connectivity index (χ4v) is 2.50. The molecule has 1 aromatic heterocycles. The molecule has 90 valence electrons. The van der Waals surface area contributed by atoms with E-state index >= 15 is 0 Å². The van der Waals surface area contributed by atoms with Gasteiger partial charge in [-0.3, -0.25) is 0 Å². The summed E-state index contributed by atoms with van der Waals surface area (Å²) >= 11 is 1.66. The topological polar surface area (TPSA) is 24.9 Å². The Morgan fingerprint density at radius 3 is 2.53 bits per heavy atom. The van der Waals surface area contributed by atoms with E-state index in [0.29, 0.717) is 6.04 Å². The van der Waals surface area contributed by atoms with Gasteiger partial charge in [0.15, 0.2) is 5.13 Å². The molecule has 0 spiro atoms. The molecule has 0 aliphatic rings. The van der Waals surface area contributed by atoms with Gasteiger partial charge >= 0.3 is 0 Å². The SMILES string of the molecule is CCc1ccc(-c2csc(NC(C)C)n2)cc1. The van der Waals surface area contributed by atoms with Crippen LogP contribution in [-0.4, -0.2) is 11.0 Å². The molecule has 0 aliphatic heterocycles. The molecule has 0 atom stereocenters. The van der Waals surface area contributed by atoms with E-state index in [-0.39, 0.29) is 0 Å². The minimum atomic E-state index is 0.427. The van der Waals surface area contributed by atoms with Crippen LogP contribution in [-0.2, 0) is 6.42 Å². The Labute approximate surface area is 107 Å². The van der Waals surface area contributed by atoms with E-state index in [4.69, 9.17) is 0 Å². The van der Waals surface area contributed by atoms with Gasteiger partial charge in [-0.05, 0) is 25.8 Å². The molecule has 1 heterocycles. The standard InChI is InChI=1S/C14H18N2S/c1-4-11-5-7-12(8-6-11)13-9-17-14(16-13)15-10(2)3/h5-10H,4H2,1-3H3,(H,15,16). The number of nitrogens with zero attached hydrogens (tertiary/aromatic N) is 1. The van der Waals surface area contributed by atoms with Crippen molar-refractivity contribution in [2.75, 3.05) is 5.32 Å².